The Morgan fingerprint density at radius 1 is 1.40 bits per heavy atom. The zero-order valence-electron chi connectivity index (χ0n) is 12.6. The third kappa shape index (κ3) is 2.84. The van der Waals surface area contributed by atoms with Crippen molar-refractivity contribution in [2.24, 2.45) is 5.92 Å². The van der Waals surface area contributed by atoms with Crippen LogP contribution < -0.4 is 10.1 Å². The van der Waals surface area contributed by atoms with Gasteiger partial charge in [-0.05, 0) is 12.0 Å². The summed E-state index contributed by atoms with van der Waals surface area (Å²) in [5.41, 5.74) is 1.39. The molecule has 2 heterocycles. The van der Waals surface area contributed by atoms with E-state index in [2.05, 4.69) is 48.3 Å². The number of benzene rings is 1. The Hall–Kier alpha value is -1.06. The van der Waals surface area contributed by atoms with Gasteiger partial charge in [0.25, 0.3) is 0 Å². The highest BCUT2D eigenvalue weighted by molar-refractivity contribution is 5.39. The van der Waals surface area contributed by atoms with Crippen LogP contribution in [-0.2, 0) is 0 Å². The minimum absolute atomic E-state index is 0.543. The molecule has 0 radical (unpaired) electrons. The topological polar surface area (TPSA) is 24.5 Å². The van der Waals surface area contributed by atoms with Gasteiger partial charge in [0.1, 0.15) is 5.75 Å². The third-order valence-electron chi connectivity index (χ3n) is 4.90. The van der Waals surface area contributed by atoms with E-state index in [1.54, 1.807) is 0 Å². The van der Waals surface area contributed by atoms with Crippen LogP contribution in [0.3, 0.4) is 0 Å². The van der Waals surface area contributed by atoms with Crippen LogP contribution in [0, 0.1) is 5.92 Å². The van der Waals surface area contributed by atoms with E-state index < -0.39 is 0 Å². The van der Waals surface area contributed by atoms with E-state index in [-0.39, 0.29) is 0 Å². The zero-order chi connectivity index (χ0) is 13.9. The molecule has 110 valence electrons. The average molecular weight is 274 g/mol. The molecule has 0 aliphatic carbocycles. The number of fused-ring (bicyclic) bond motifs is 1. The van der Waals surface area contributed by atoms with Crippen molar-refractivity contribution >= 4 is 0 Å². The highest BCUT2D eigenvalue weighted by atomic mass is 16.5. The Kier molecular flexibility index (Phi) is 4.27. The number of hydrogen-bond donors (Lipinski definition) is 1. The van der Waals surface area contributed by atoms with Gasteiger partial charge < -0.3 is 10.1 Å². The standard InChI is InChI=1S/C17H26N2O/c1-3-13(2)16-11-19(9-8-18-16)10-14-12-20-17-7-5-4-6-15(14)17/h4-7,13-14,16,18H,3,8-12H2,1-2H3. The fraction of sp³-hybridized carbons (Fsp3) is 0.647. The minimum atomic E-state index is 0.543. The maximum Gasteiger partial charge on any atom is 0.122 e. The highest BCUT2D eigenvalue weighted by Crippen LogP contribution is 2.34. The van der Waals surface area contributed by atoms with Crippen molar-refractivity contribution in [1.82, 2.24) is 10.2 Å². The lowest BCUT2D eigenvalue weighted by atomic mass is 9.95. The number of piperazine rings is 1. The van der Waals surface area contributed by atoms with E-state index in [1.807, 2.05) is 0 Å². The Balaban J connectivity index is 1.61. The van der Waals surface area contributed by atoms with Crippen molar-refractivity contribution in [1.29, 1.82) is 0 Å². The fourth-order valence-electron chi connectivity index (χ4n) is 3.37. The van der Waals surface area contributed by atoms with Gasteiger partial charge in [-0.1, -0.05) is 38.5 Å². The first-order valence-corrected chi connectivity index (χ1v) is 7.95. The molecule has 3 heteroatoms. The molecule has 0 spiro atoms. The molecule has 1 saturated heterocycles. The predicted molar refractivity (Wildman–Crippen MR) is 82.4 cm³/mol. The summed E-state index contributed by atoms with van der Waals surface area (Å²) in [6.07, 6.45) is 1.25. The number of para-hydroxylation sites is 1. The van der Waals surface area contributed by atoms with Crippen LogP contribution in [0.5, 0.6) is 5.75 Å². The number of hydrogen-bond acceptors (Lipinski definition) is 3. The van der Waals surface area contributed by atoms with Gasteiger partial charge in [-0.2, -0.15) is 0 Å². The molecule has 1 aromatic carbocycles. The van der Waals surface area contributed by atoms with Crippen LogP contribution in [0.25, 0.3) is 0 Å². The Bertz CT molecular complexity index is 448. The molecule has 0 amide bonds. The van der Waals surface area contributed by atoms with Crippen molar-refractivity contribution in [3.05, 3.63) is 29.8 Å². The Morgan fingerprint density at radius 2 is 2.25 bits per heavy atom. The first-order valence-electron chi connectivity index (χ1n) is 7.95. The lowest BCUT2D eigenvalue weighted by molar-refractivity contribution is 0.154. The van der Waals surface area contributed by atoms with E-state index in [0.29, 0.717) is 12.0 Å². The van der Waals surface area contributed by atoms with Crippen molar-refractivity contribution < 1.29 is 4.74 Å². The Labute approximate surface area is 122 Å². The molecule has 1 N–H and O–H groups in total. The molecule has 0 aromatic heterocycles. The summed E-state index contributed by atoms with van der Waals surface area (Å²) in [5, 5.41) is 3.67. The van der Waals surface area contributed by atoms with Crippen LogP contribution in [0.4, 0.5) is 0 Å². The predicted octanol–water partition coefficient (Wildman–Crippen LogP) is 2.48. The summed E-state index contributed by atoms with van der Waals surface area (Å²) in [5.74, 6) is 2.39. The van der Waals surface area contributed by atoms with Crippen molar-refractivity contribution in [3.63, 3.8) is 0 Å². The van der Waals surface area contributed by atoms with Crippen molar-refractivity contribution in [3.8, 4) is 5.75 Å². The maximum atomic E-state index is 5.81. The van der Waals surface area contributed by atoms with Crippen LogP contribution >= 0.6 is 0 Å². The molecule has 0 bridgehead atoms. The molecular formula is C17H26N2O. The van der Waals surface area contributed by atoms with Gasteiger partial charge in [0.05, 0.1) is 6.61 Å². The summed E-state index contributed by atoms with van der Waals surface area (Å²) in [7, 11) is 0. The summed E-state index contributed by atoms with van der Waals surface area (Å²) < 4.78 is 5.81. The minimum Gasteiger partial charge on any atom is -0.493 e. The van der Waals surface area contributed by atoms with Crippen LogP contribution in [0.2, 0.25) is 0 Å². The van der Waals surface area contributed by atoms with Gasteiger partial charge in [0.15, 0.2) is 0 Å². The van der Waals surface area contributed by atoms with E-state index in [9.17, 15) is 0 Å². The third-order valence-corrected chi connectivity index (χ3v) is 4.90. The van der Waals surface area contributed by atoms with Gasteiger partial charge in [-0.25, -0.2) is 0 Å². The van der Waals surface area contributed by atoms with E-state index in [1.165, 1.54) is 18.5 Å². The van der Waals surface area contributed by atoms with E-state index >= 15 is 0 Å². The molecule has 0 saturated carbocycles. The largest absolute Gasteiger partial charge is 0.493 e. The lowest BCUT2D eigenvalue weighted by Crippen LogP contribution is -2.53. The first-order chi connectivity index (χ1) is 9.78. The van der Waals surface area contributed by atoms with Crippen molar-refractivity contribution in [2.45, 2.75) is 32.2 Å². The normalized spacial score (nSPS) is 27.9. The van der Waals surface area contributed by atoms with Gasteiger partial charge >= 0.3 is 0 Å². The second-order valence-corrected chi connectivity index (χ2v) is 6.25. The molecule has 3 rings (SSSR count). The first kappa shape index (κ1) is 13.9. The average Bonchev–Trinajstić information content (AvgIpc) is 2.90. The van der Waals surface area contributed by atoms with Gasteiger partial charge in [0, 0.05) is 43.7 Å². The molecule has 3 unspecified atom stereocenters. The van der Waals surface area contributed by atoms with Crippen LogP contribution in [0.15, 0.2) is 24.3 Å². The quantitative estimate of drug-likeness (QED) is 0.913. The summed E-state index contributed by atoms with van der Waals surface area (Å²) >= 11 is 0. The highest BCUT2D eigenvalue weighted by Gasteiger charge is 2.29. The monoisotopic (exact) mass is 274 g/mol. The summed E-state index contributed by atoms with van der Waals surface area (Å²) in [6.45, 7) is 10.1. The smallest absolute Gasteiger partial charge is 0.122 e. The van der Waals surface area contributed by atoms with Crippen LogP contribution in [0.1, 0.15) is 31.7 Å². The molecular weight excluding hydrogens is 248 g/mol. The number of rotatable bonds is 4. The fourth-order valence-corrected chi connectivity index (χ4v) is 3.37. The molecule has 1 fully saturated rings. The second kappa shape index (κ2) is 6.15. The van der Waals surface area contributed by atoms with Crippen molar-refractivity contribution in [2.75, 3.05) is 32.8 Å². The van der Waals surface area contributed by atoms with Crippen LogP contribution in [-0.4, -0.2) is 43.7 Å². The molecule has 2 aliphatic heterocycles. The molecule has 1 aromatic rings. The van der Waals surface area contributed by atoms with Gasteiger partial charge in [-0.15, -0.1) is 0 Å². The summed E-state index contributed by atoms with van der Waals surface area (Å²) in [4.78, 5) is 2.61. The molecule has 3 nitrogen and oxygen atoms in total. The number of nitrogens with zero attached hydrogens (tertiary/aromatic N) is 1. The second-order valence-electron chi connectivity index (χ2n) is 6.25. The van der Waals surface area contributed by atoms with E-state index in [0.717, 1.165) is 37.9 Å². The zero-order valence-corrected chi connectivity index (χ0v) is 12.6. The van der Waals surface area contributed by atoms with Gasteiger partial charge in [-0.3, -0.25) is 4.90 Å². The number of nitrogens with one attached hydrogen (secondary N) is 1. The maximum absolute atomic E-state index is 5.81. The number of ether oxygens (including phenoxy) is 1. The van der Waals surface area contributed by atoms with Gasteiger partial charge in [0.2, 0.25) is 0 Å². The lowest BCUT2D eigenvalue weighted by Gasteiger charge is -2.37. The SMILES string of the molecule is CCC(C)C1CN(CC2COc3ccccc32)CCN1. The summed E-state index contributed by atoms with van der Waals surface area (Å²) in [6, 6.07) is 9.15. The Morgan fingerprint density at radius 3 is 3.10 bits per heavy atom. The molecule has 3 atom stereocenters. The molecule has 2 aliphatic rings. The van der Waals surface area contributed by atoms with E-state index in [4.69, 9.17) is 4.74 Å². The molecule has 20 heavy (non-hydrogen) atoms.